The molecule has 0 spiro atoms. The van der Waals surface area contributed by atoms with Gasteiger partial charge in [0.2, 0.25) is 0 Å². The topological polar surface area (TPSA) is 29.1 Å². The molecule has 18 heavy (non-hydrogen) atoms. The zero-order valence-electron chi connectivity index (χ0n) is 11.2. The summed E-state index contributed by atoms with van der Waals surface area (Å²) in [5, 5.41) is 3.06. The fraction of sp³-hybridized carbons (Fsp3) is 0.533. The average molecular weight is 249 g/mol. The molecule has 2 rings (SSSR count). The second-order valence-corrected chi connectivity index (χ2v) is 5.46. The van der Waals surface area contributed by atoms with Gasteiger partial charge in [-0.15, -0.1) is 0 Å². The Hall–Kier alpha value is -1.38. The highest BCUT2D eigenvalue weighted by Gasteiger charge is 2.30. The quantitative estimate of drug-likeness (QED) is 0.856. The van der Waals surface area contributed by atoms with Crippen molar-refractivity contribution in [3.63, 3.8) is 0 Å². The van der Waals surface area contributed by atoms with Crippen LogP contribution in [0.5, 0.6) is 0 Å². The van der Waals surface area contributed by atoms with Gasteiger partial charge >= 0.3 is 0 Å². The minimum atomic E-state index is -0.269. The molecule has 0 heterocycles. The summed E-state index contributed by atoms with van der Waals surface area (Å²) in [6, 6.07) is 4.75. The summed E-state index contributed by atoms with van der Waals surface area (Å²) in [6.07, 6.45) is 2.20. The number of hydrogen-bond acceptors (Lipinski definition) is 1. The summed E-state index contributed by atoms with van der Waals surface area (Å²) >= 11 is 0. The van der Waals surface area contributed by atoms with Crippen LogP contribution < -0.4 is 5.32 Å². The normalized spacial score (nSPS) is 27.2. The molecule has 1 N–H and O–H groups in total. The first-order valence-corrected chi connectivity index (χ1v) is 6.56. The lowest BCUT2D eigenvalue weighted by Crippen LogP contribution is -2.37. The van der Waals surface area contributed by atoms with Gasteiger partial charge in [0.15, 0.2) is 0 Å². The Kier molecular flexibility index (Phi) is 3.69. The highest BCUT2D eigenvalue weighted by atomic mass is 19.1. The highest BCUT2D eigenvalue weighted by molar-refractivity contribution is 5.94. The number of nitrogens with one attached hydrogen (secondary N) is 1. The molecule has 1 aliphatic rings. The van der Waals surface area contributed by atoms with E-state index in [-0.39, 0.29) is 17.8 Å². The maximum atomic E-state index is 13.1. The molecule has 98 valence electrons. The Morgan fingerprint density at radius 1 is 1.33 bits per heavy atom. The molecule has 0 bridgehead atoms. The van der Waals surface area contributed by atoms with Crippen molar-refractivity contribution in [1.29, 1.82) is 0 Å². The van der Waals surface area contributed by atoms with E-state index in [0.29, 0.717) is 23.0 Å². The van der Waals surface area contributed by atoms with E-state index in [1.807, 2.05) is 0 Å². The maximum Gasteiger partial charge on any atom is 0.251 e. The smallest absolute Gasteiger partial charge is 0.251 e. The SMILES string of the molecule is Cc1cc(C(=O)NC2CCC(C)C2C)ccc1F. The molecule has 0 saturated heterocycles. The van der Waals surface area contributed by atoms with Crippen molar-refractivity contribution in [1.82, 2.24) is 5.32 Å². The van der Waals surface area contributed by atoms with E-state index in [1.165, 1.54) is 6.07 Å². The van der Waals surface area contributed by atoms with E-state index < -0.39 is 0 Å². The van der Waals surface area contributed by atoms with Crippen LogP contribution in [0.15, 0.2) is 18.2 Å². The van der Waals surface area contributed by atoms with Crippen molar-refractivity contribution in [2.24, 2.45) is 11.8 Å². The van der Waals surface area contributed by atoms with Crippen molar-refractivity contribution < 1.29 is 9.18 Å². The Morgan fingerprint density at radius 3 is 2.61 bits per heavy atom. The van der Waals surface area contributed by atoms with Crippen molar-refractivity contribution in [2.75, 3.05) is 0 Å². The molecule has 1 saturated carbocycles. The molecule has 0 aromatic heterocycles. The second-order valence-electron chi connectivity index (χ2n) is 5.46. The molecule has 1 aliphatic carbocycles. The van der Waals surface area contributed by atoms with Gasteiger partial charge in [-0.05, 0) is 55.4 Å². The fourth-order valence-electron chi connectivity index (χ4n) is 2.61. The van der Waals surface area contributed by atoms with Gasteiger partial charge in [-0.25, -0.2) is 4.39 Å². The largest absolute Gasteiger partial charge is 0.349 e. The van der Waals surface area contributed by atoms with E-state index >= 15 is 0 Å². The lowest BCUT2D eigenvalue weighted by atomic mass is 9.97. The number of hydrogen-bond donors (Lipinski definition) is 1. The Morgan fingerprint density at radius 2 is 2.06 bits per heavy atom. The molecule has 1 aromatic carbocycles. The molecular weight excluding hydrogens is 229 g/mol. The van der Waals surface area contributed by atoms with Gasteiger partial charge in [0, 0.05) is 11.6 Å². The standard InChI is InChI=1S/C15H20FNO/c1-9-4-7-14(11(9)3)17-15(18)12-5-6-13(16)10(2)8-12/h5-6,8-9,11,14H,4,7H2,1-3H3,(H,17,18). The van der Waals surface area contributed by atoms with Crippen LogP contribution in [0.3, 0.4) is 0 Å². The van der Waals surface area contributed by atoms with Crippen molar-refractivity contribution in [3.05, 3.63) is 35.1 Å². The zero-order valence-corrected chi connectivity index (χ0v) is 11.2. The molecule has 1 amide bonds. The van der Waals surface area contributed by atoms with Crippen LogP contribution in [0.1, 0.15) is 42.6 Å². The number of halogens is 1. The van der Waals surface area contributed by atoms with Crippen LogP contribution in [0.2, 0.25) is 0 Å². The van der Waals surface area contributed by atoms with Gasteiger partial charge in [-0.3, -0.25) is 4.79 Å². The summed E-state index contributed by atoms with van der Waals surface area (Å²) in [4.78, 5) is 12.1. The molecule has 3 unspecified atom stereocenters. The Labute approximate surface area is 108 Å². The molecule has 1 fully saturated rings. The Balaban J connectivity index is 2.06. The fourth-order valence-corrected chi connectivity index (χ4v) is 2.61. The summed E-state index contributed by atoms with van der Waals surface area (Å²) in [7, 11) is 0. The number of benzene rings is 1. The molecule has 3 atom stereocenters. The van der Waals surface area contributed by atoms with Crippen LogP contribution >= 0.6 is 0 Å². The Bertz CT molecular complexity index is 458. The van der Waals surface area contributed by atoms with Crippen LogP contribution in [-0.2, 0) is 0 Å². The van der Waals surface area contributed by atoms with Gasteiger partial charge in [-0.1, -0.05) is 13.8 Å². The highest BCUT2D eigenvalue weighted by Crippen LogP contribution is 2.31. The van der Waals surface area contributed by atoms with Gasteiger partial charge in [0.25, 0.3) is 5.91 Å². The molecule has 3 heteroatoms. The van der Waals surface area contributed by atoms with Crippen LogP contribution in [-0.4, -0.2) is 11.9 Å². The molecule has 0 radical (unpaired) electrons. The summed E-state index contributed by atoms with van der Waals surface area (Å²) in [6.45, 7) is 6.07. The summed E-state index contributed by atoms with van der Waals surface area (Å²) in [5.41, 5.74) is 1.05. The number of carbonyl (C=O) groups excluding carboxylic acids is 1. The first kappa shape index (κ1) is 13.1. The molecule has 1 aromatic rings. The minimum absolute atomic E-state index is 0.0935. The molecule has 0 aliphatic heterocycles. The van der Waals surface area contributed by atoms with E-state index in [0.717, 1.165) is 12.8 Å². The maximum absolute atomic E-state index is 13.1. The third-order valence-electron chi connectivity index (χ3n) is 4.20. The van der Waals surface area contributed by atoms with Crippen molar-refractivity contribution in [3.8, 4) is 0 Å². The first-order valence-electron chi connectivity index (χ1n) is 6.56. The van der Waals surface area contributed by atoms with Gasteiger partial charge in [0.1, 0.15) is 5.82 Å². The van der Waals surface area contributed by atoms with E-state index in [1.54, 1.807) is 19.1 Å². The second kappa shape index (κ2) is 5.09. The number of amides is 1. The number of rotatable bonds is 2. The average Bonchev–Trinajstić information content (AvgIpc) is 2.64. The van der Waals surface area contributed by atoms with Gasteiger partial charge < -0.3 is 5.32 Å². The lowest BCUT2D eigenvalue weighted by Gasteiger charge is -2.19. The van der Waals surface area contributed by atoms with Crippen molar-refractivity contribution in [2.45, 2.75) is 39.7 Å². The van der Waals surface area contributed by atoms with Crippen LogP contribution in [0.4, 0.5) is 4.39 Å². The minimum Gasteiger partial charge on any atom is -0.349 e. The summed E-state index contributed by atoms with van der Waals surface area (Å²) in [5.74, 6) is 0.805. The van der Waals surface area contributed by atoms with Crippen LogP contribution in [0, 0.1) is 24.6 Å². The predicted octanol–water partition coefficient (Wildman–Crippen LogP) is 3.30. The third-order valence-corrected chi connectivity index (χ3v) is 4.20. The predicted molar refractivity (Wildman–Crippen MR) is 70.0 cm³/mol. The molecular formula is C15H20FNO. The van der Waals surface area contributed by atoms with Crippen LogP contribution in [0.25, 0.3) is 0 Å². The van der Waals surface area contributed by atoms with Gasteiger partial charge in [-0.2, -0.15) is 0 Å². The van der Waals surface area contributed by atoms with Gasteiger partial charge in [0.05, 0.1) is 0 Å². The first-order chi connectivity index (χ1) is 8.49. The van der Waals surface area contributed by atoms with E-state index in [2.05, 4.69) is 19.2 Å². The zero-order chi connectivity index (χ0) is 13.3. The summed E-state index contributed by atoms with van der Waals surface area (Å²) < 4.78 is 13.1. The molecule has 2 nitrogen and oxygen atoms in total. The van der Waals surface area contributed by atoms with E-state index in [9.17, 15) is 9.18 Å². The number of carbonyl (C=O) groups is 1. The lowest BCUT2D eigenvalue weighted by molar-refractivity contribution is 0.0927. The number of aryl methyl sites for hydroxylation is 1. The van der Waals surface area contributed by atoms with Crippen molar-refractivity contribution >= 4 is 5.91 Å². The third kappa shape index (κ3) is 2.55. The van der Waals surface area contributed by atoms with E-state index in [4.69, 9.17) is 0 Å². The monoisotopic (exact) mass is 249 g/mol.